The summed E-state index contributed by atoms with van der Waals surface area (Å²) in [6, 6.07) is 13.1. The molecule has 1 aromatic heterocycles. The molecule has 0 radical (unpaired) electrons. The summed E-state index contributed by atoms with van der Waals surface area (Å²) in [5.41, 5.74) is -0.139. The smallest absolute Gasteiger partial charge is 0.350 e. The number of ether oxygens (including phenoxy) is 2. The Labute approximate surface area is 130 Å². The molecule has 2 heterocycles. The summed E-state index contributed by atoms with van der Waals surface area (Å²) in [6.07, 6.45) is 2.71. The van der Waals surface area contributed by atoms with E-state index >= 15 is 0 Å². The summed E-state index contributed by atoms with van der Waals surface area (Å²) in [4.78, 5) is 16.9. The van der Waals surface area contributed by atoms with Gasteiger partial charge in [0.2, 0.25) is 11.9 Å². The van der Waals surface area contributed by atoms with Crippen molar-refractivity contribution in [2.45, 2.75) is 32.7 Å². The average Bonchev–Trinajstić information content (AvgIpc) is 2.88. The molecular weight excluding hydrogens is 278 g/mol. The van der Waals surface area contributed by atoms with Gasteiger partial charge in [-0.05, 0) is 11.6 Å². The molecule has 1 fully saturated rings. The van der Waals surface area contributed by atoms with Crippen molar-refractivity contribution in [3.8, 4) is 0 Å². The van der Waals surface area contributed by atoms with Crippen molar-refractivity contribution in [3.63, 3.8) is 0 Å². The first-order valence-corrected chi connectivity index (χ1v) is 7.29. The van der Waals surface area contributed by atoms with Crippen LogP contribution >= 0.6 is 0 Å². The molecule has 0 N–H and O–H groups in total. The van der Waals surface area contributed by atoms with Crippen molar-refractivity contribution in [2.75, 3.05) is 0 Å². The Morgan fingerprint density at radius 1 is 1.05 bits per heavy atom. The van der Waals surface area contributed by atoms with Gasteiger partial charge in [0.1, 0.15) is 0 Å². The summed E-state index contributed by atoms with van der Waals surface area (Å²) in [6.45, 7) is 5.94. The van der Waals surface area contributed by atoms with Crippen LogP contribution in [0.4, 0.5) is 0 Å². The minimum absolute atomic E-state index is 0.311. The number of aromatic nitrogens is 1. The van der Waals surface area contributed by atoms with E-state index in [9.17, 15) is 4.79 Å². The van der Waals surface area contributed by atoms with E-state index in [1.54, 1.807) is 18.5 Å². The fourth-order valence-electron chi connectivity index (χ4n) is 2.55. The van der Waals surface area contributed by atoms with Crippen LogP contribution in [0.1, 0.15) is 31.9 Å². The zero-order valence-corrected chi connectivity index (χ0v) is 12.9. The molecule has 0 aliphatic carbocycles. The molecule has 1 aliphatic heterocycles. The second-order valence-electron chi connectivity index (χ2n) is 6.51. The second kappa shape index (κ2) is 5.21. The maximum atomic E-state index is 12.8. The van der Waals surface area contributed by atoms with Crippen LogP contribution in [0.3, 0.4) is 0 Å². The van der Waals surface area contributed by atoms with Gasteiger partial charge in [-0.25, -0.2) is 4.79 Å². The van der Waals surface area contributed by atoms with Gasteiger partial charge in [0.05, 0.1) is 0 Å². The van der Waals surface area contributed by atoms with E-state index in [4.69, 9.17) is 9.47 Å². The maximum Gasteiger partial charge on any atom is 0.350 e. The van der Waals surface area contributed by atoms with Crippen molar-refractivity contribution in [3.05, 3.63) is 66.0 Å². The van der Waals surface area contributed by atoms with E-state index in [2.05, 4.69) is 4.98 Å². The van der Waals surface area contributed by atoms with Crippen molar-refractivity contribution in [1.29, 1.82) is 0 Å². The molecule has 3 rings (SSSR count). The third-order valence-corrected chi connectivity index (χ3v) is 3.74. The summed E-state index contributed by atoms with van der Waals surface area (Å²) in [7, 11) is 0. The number of hydrogen-bond acceptors (Lipinski definition) is 4. The fourth-order valence-corrected chi connectivity index (χ4v) is 2.55. The Morgan fingerprint density at radius 2 is 1.73 bits per heavy atom. The van der Waals surface area contributed by atoms with E-state index in [1.165, 1.54) is 0 Å². The number of carbonyl (C=O) groups excluding carboxylic acids is 1. The lowest BCUT2D eigenvalue weighted by Gasteiger charge is -2.28. The third kappa shape index (κ3) is 2.29. The van der Waals surface area contributed by atoms with Gasteiger partial charge < -0.3 is 9.47 Å². The highest BCUT2D eigenvalue weighted by atomic mass is 16.8. The molecule has 0 spiro atoms. The average molecular weight is 297 g/mol. The van der Waals surface area contributed by atoms with Crippen LogP contribution in [0.25, 0.3) is 0 Å². The Balaban J connectivity index is 2.16. The van der Waals surface area contributed by atoms with Gasteiger partial charge in [-0.3, -0.25) is 4.98 Å². The van der Waals surface area contributed by atoms with Crippen molar-refractivity contribution < 1.29 is 14.3 Å². The van der Waals surface area contributed by atoms with Crippen LogP contribution in [-0.4, -0.2) is 17.2 Å². The fraction of sp³-hybridized carbons (Fsp3) is 0.333. The zero-order chi connectivity index (χ0) is 15.8. The van der Waals surface area contributed by atoms with E-state index in [-0.39, 0.29) is 5.41 Å². The minimum atomic E-state index is -1.26. The van der Waals surface area contributed by atoms with Crippen LogP contribution in [-0.2, 0) is 19.9 Å². The lowest BCUT2D eigenvalue weighted by atomic mass is 9.87. The molecule has 0 bridgehead atoms. The van der Waals surface area contributed by atoms with Crippen LogP contribution in [0.5, 0.6) is 0 Å². The van der Waals surface area contributed by atoms with E-state index in [1.807, 2.05) is 57.2 Å². The topological polar surface area (TPSA) is 48.4 Å². The zero-order valence-electron chi connectivity index (χ0n) is 12.9. The maximum absolute atomic E-state index is 12.8. The van der Waals surface area contributed by atoms with Gasteiger partial charge in [0.15, 0.2) is 0 Å². The molecule has 1 aliphatic rings. The van der Waals surface area contributed by atoms with Gasteiger partial charge in [-0.1, -0.05) is 57.2 Å². The Morgan fingerprint density at radius 3 is 2.27 bits per heavy atom. The van der Waals surface area contributed by atoms with Crippen LogP contribution in [0.2, 0.25) is 0 Å². The number of rotatable bonds is 2. The number of pyridine rings is 1. The lowest BCUT2D eigenvalue weighted by Crippen LogP contribution is -2.36. The molecule has 22 heavy (non-hydrogen) atoms. The molecule has 0 saturated carbocycles. The second-order valence-corrected chi connectivity index (χ2v) is 6.51. The molecule has 2 atom stereocenters. The normalized spacial score (nSPS) is 25.0. The first-order valence-electron chi connectivity index (χ1n) is 7.29. The van der Waals surface area contributed by atoms with Gasteiger partial charge in [0.25, 0.3) is 0 Å². The monoisotopic (exact) mass is 297 g/mol. The third-order valence-electron chi connectivity index (χ3n) is 3.74. The number of esters is 1. The highest BCUT2D eigenvalue weighted by molar-refractivity contribution is 5.87. The van der Waals surface area contributed by atoms with Crippen molar-refractivity contribution in [2.24, 2.45) is 5.41 Å². The molecule has 0 amide bonds. The Bertz CT molecular complexity index is 622. The SMILES string of the molecule is CC(C)(C)[C@@H]1OC(=O)[C@@](c2ccccc2)(c2cccnc2)O1. The van der Waals surface area contributed by atoms with Crippen LogP contribution < -0.4 is 0 Å². The van der Waals surface area contributed by atoms with Gasteiger partial charge in [-0.2, -0.15) is 0 Å². The first-order chi connectivity index (χ1) is 10.4. The molecule has 0 unspecified atom stereocenters. The van der Waals surface area contributed by atoms with Crippen molar-refractivity contribution >= 4 is 5.97 Å². The molecule has 1 saturated heterocycles. The van der Waals surface area contributed by atoms with Gasteiger partial charge in [0, 0.05) is 23.4 Å². The largest absolute Gasteiger partial charge is 0.432 e. The highest BCUT2D eigenvalue weighted by Crippen LogP contribution is 2.44. The standard InChI is InChI=1S/C18H19NO3/c1-17(2,3)16-21-15(20)18(22-16,13-8-5-4-6-9-13)14-10-7-11-19-12-14/h4-12,16H,1-3H3/t16-,18-/m1/s1. The Kier molecular flexibility index (Phi) is 3.49. The van der Waals surface area contributed by atoms with Crippen molar-refractivity contribution in [1.82, 2.24) is 4.98 Å². The van der Waals surface area contributed by atoms with Crippen LogP contribution in [0.15, 0.2) is 54.9 Å². The molecule has 2 aromatic rings. The molecule has 4 heteroatoms. The number of carbonyl (C=O) groups is 1. The van der Waals surface area contributed by atoms with Crippen LogP contribution in [0, 0.1) is 5.41 Å². The summed E-state index contributed by atoms with van der Waals surface area (Å²) in [5, 5.41) is 0. The number of hydrogen-bond donors (Lipinski definition) is 0. The van der Waals surface area contributed by atoms with Gasteiger partial charge in [-0.15, -0.1) is 0 Å². The Hall–Kier alpha value is -2.20. The number of cyclic esters (lactones) is 1. The predicted octanol–water partition coefficient (Wildman–Crippen LogP) is 3.27. The van der Waals surface area contributed by atoms with E-state index in [0.717, 1.165) is 5.56 Å². The number of benzene rings is 1. The summed E-state index contributed by atoms with van der Waals surface area (Å²) < 4.78 is 11.7. The van der Waals surface area contributed by atoms with E-state index < -0.39 is 17.9 Å². The van der Waals surface area contributed by atoms with E-state index in [0.29, 0.717) is 5.56 Å². The lowest BCUT2D eigenvalue weighted by molar-refractivity contribution is -0.155. The highest BCUT2D eigenvalue weighted by Gasteiger charge is 2.56. The number of nitrogens with zero attached hydrogens (tertiary/aromatic N) is 1. The summed E-state index contributed by atoms with van der Waals surface area (Å²) in [5.74, 6) is -0.397. The summed E-state index contributed by atoms with van der Waals surface area (Å²) >= 11 is 0. The minimum Gasteiger partial charge on any atom is -0.432 e. The first kappa shape index (κ1) is 14.7. The quantitative estimate of drug-likeness (QED) is 0.798. The molecule has 1 aromatic carbocycles. The predicted molar refractivity (Wildman–Crippen MR) is 81.9 cm³/mol. The molecule has 114 valence electrons. The molecule has 4 nitrogen and oxygen atoms in total. The van der Waals surface area contributed by atoms with Gasteiger partial charge >= 0.3 is 5.97 Å². The molecular formula is C18H19NO3.